The maximum atomic E-state index is 11.9. The first kappa shape index (κ1) is 28.3. The van der Waals surface area contributed by atoms with E-state index in [1.807, 2.05) is 6.92 Å². The van der Waals surface area contributed by atoms with E-state index in [-0.39, 0.29) is 19.8 Å². The molecule has 11 nitrogen and oxygen atoms in total. The van der Waals surface area contributed by atoms with E-state index in [9.17, 15) is 19.2 Å². The summed E-state index contributed by atoms with van der Waals surface area (Å²) in [6, 6.07) is 4.14. The van der Waals surface area contributed by atoms with Crippen LogP contribution in [0.3, 0.4) is 0 Å². The van der Waals surface area contributed by atoms with E-state index in [1.165, 1.54) is 27.7 Å². The van der Waals surface area contributed by atoms with Crippen molar-refractivity contribution in [1.82, 2.24) is 5.32 Å². The van der Waals surface area contributed by atoms with Gasteiger partial charge in [-0.1, -0.05) is 11.6 Å². The molecule has 0 bridgehead atoms. The Morgan fingerprint density at radius 2 is 1.63 bits per heavy atom. The van der Waals surface area contributed by atoms with Crippen molar-refractivity contribution in [3.8, 4) is 5.75 Å². The Bertz CT molecular complexity index is 924. The van der Waals surface area contributed by atoms with Crippen molar-refractivity contribution in [3.05, 3.63) is 28.8 Å². The SMILES string of the molecule is CC(=O)NC1C(OCCOc2ccc(Cl)cc2C)OC(COC(C)=O)C(OC(C)=O)C1OC(C)=O. The quantitative estimate of drug-likeness (QED) is 0.278. The summed E-state index contributed by atoms with van der Waals surface area (Å²) in [7, 11) is 0. The maximum absolute atomic E-state index is 11.9. The highest BCUT2D eigenvalue weighted by Gasteiger charge is 2.51. The van der Waals surface area contributed by atoms with Gasteiger partial charge in [-0.15, -0.1) is 0 Å². The number of benzene rings is 1. The lowest BCUT2D eigenvalue weighted by molar-refractivity contribution is -0.278. The Kier molecular flexibility index (Phi) is 10.7. The van der Waals surface area contributed by atoms with Gasteiger partial charge in [0.2, 0.25) is 5.91 Å². The van der Waals surface area contributed by atoms with Crippen molar-refractivity contribution < 1.29 is 47.6 Å². The van der Waals surface area contributed by atoms with Crippen LogP contribution in [0.25, 0.3) is 0 Å². The molecule has 1 aromatic carbocycles. The van der Waals surface area contributed by atoms with Crippen LogP contribution in [0.4, 0.5) is 0 Å². The van der Waals surface area contributed by atoms with Crippen LogP contribution < -0.4 is 10.1 Å². The van der Waals surface area contributed by atoms with E-state index in [2.05, 4.69) is 5.32 Å². The summed E-state index contributed by atoms with van der Waals surface area (Å²) in [5.41, 5.74) is 0.836. The highest BCUT2D eigenvalue weighted by atomic mass is 35.5. The fourth-order valence-electron chi connectivity index (χ4n) is 3.52. The van der Waals surface area contributed by atoms with Crippen LogP contribution in [0.15, 0.2) is 18.2 Å². The van der Waals surface area contributed by atoms with Gasteiger partial charge in [0, 0.05) is 32.7 Å². The minimum absolute atomic E-state index is 0.0220. The van der Waals surface area contributed by atoms with E-state index < -0.39 is 54.5 Å². The molecule has 0 spiro atoms. The number of rotatable bonds is 10. The van der Waals surface area contributed by atoms with Gasteiger partial charge in [0.25, 0.3) is 0 Å². The molecule has 5 unspecified atom stereocenters. The van der Waals surface area contributed by atoms with E-state index in [0.717, 1.165) is 5.56 Å². The molecule has 1 aliphatic rings. The molecule has 1 heterocycles. The molecule has 1 amide bonds. The van der Waals surface area contributed by atoms with Crippen molar-refractivity contribution in [2.45, 2.75) is 65.3 Å². The summed E-state index contributed by atoms with van der Waals surface area (Å²) < 4.78 is 33.3. The van der Waals surface area contributed by atoms with Crippen molar-refractivity contribution in [3.63, 3.8) is 0 Å². The zero-order valence-electron chi connectivity index (χ0n) is 20.2. The smallest absolute Gasteiger partial charge is 0.303 e. The van der Waals surface area contributed by atoms with Crippen LogP contribution in [-0.2, 0) is 42.9 Å². The lowest BCUT2D eigenvalue weighted by Gasteiger charge is -2.44. The molecule has 1 fully saturated rings. The summed E-state index contributed by atoms with van der Waals surface area (Å²) >= 11 is 5.96. The lowest BCUT2D eigenvalue weighted by Crippen LogP contribution is -2.66. The second-order valence-electron chi connectivity index (χ2n) is 7.85. The summed E-state index contributed by atoms with van der Waals surface area (Å²) in [5, 5.41) is 3.21. The van der Waals surface area contributed by atoms with Gasteiger partial charge in [0.05, 0.1) is 6.61 Å². The van der Waals surface area contributed by atoms with Crippen LogP contribution >= 0.6 is 11.6 Å². The number of aryl methyl sites for hydroxylation is 1. The molecule has 1 saturated heterocycles. The Balaban J connectivity index is 2.22. The van der Waals surface area contributed by atoms with Crippen molar-refractivity contribution in [1.29, 1.82) is 0 Å². The highest BCUT2D eigenvalue weighted by Crippen LogP contribution is 2.28. The largest absolute Gasteiger partial charge is 0.491 e. The molecule has 5 atom stereocenters. The molecular weight excluding hydrogens is 486 g/mol. The number of nitrogens with one attached hydrogen (secondary N) is 1. The topological polar surface area (TPSA) is 136 Å². The number of amides is 1. The van der Waals surface area contributed by atoms with Gasteiger partial charge in [-0.25, -0.2) is 0 Å². The molecule has 0 radical (unpaired) electrons. The Morgan fingerprint density at radius 3 is 2.20 bits per heavy atom. The lowest BCUT2D eigenvalue weighted by atomic mass is 9.96. The Morgan fingerprint density at radius 1 is 0.971 bits per heavy atom. The molecule has 1 aliphatic heterocycles. The molecule has 1 aromatic rings. The molecule has 35 heavy (non-hydrogen) atoms. The van der Waals surface area contributed by atoms with Gasteiger partial charge in [-0.05, 0) is 30.7 Å². The normalized spacial score (nSPS) is 23.7. The maximum Gasteiger partial charge on any atom is 0.303 e. The summed E-state index contributed by atoms with van der Waals surface area (Å²) in [4.78, 5) is 46.9. The molecule has 1 N–H and O–H groups in total. The third-order valence-electron chi connectivity index (χ3n) is 4.83. The molecule has 0 aromatic heterocycles. The average molecular weight is 516 g/mol. The van der Waals surface area contributed by atoms with Gasteiger partial charge >= 0.3 is 17.9 Å². The van der Waals surface area contributed by atoms with Gasteiger partial charge in [-0.2, -0.15) is 0 Å². The van der Waals surface area contributed by atoms with Crippen molar-refractivity contribution in [2.75, 3.05) is 19.8 Å². The van der Waals surface area contributed by atoms with Crippen LogP contribution in [0.2, 0.25) is 5.02 Å². The molecule has 0 saturated carbocycles. The van der Waals surface area contributed by atoms with Crippen molar-refractivity contribution in [2.24, 2.45) is 0 Å². The van der Waals surface area contributed by atoms with E-state index in [1.54, 1.807) is 18.2 Å². The number of carbonyl (C=O) groups is 4. The minimum Gasteiger partial charge on any atom is -0.491 e. The Hall–Kier alpha value is -2.89. The number of carbonyl (C=O) groups excluding carboxylic acids is 4. The first-order valence-corrected chi connectivity index (χ1v) is 11.3. The van der Waals surface area contributed by atoms with Gasteiger partial charge in [0.15, 0.2) is 18.5 Å². The number of hydrogen-bond donors (Lipinski definition) is 1. The second kappa shape index (κ2) is 13.3. The molecule has 0 aliphatic carbocycles. The third-order valence-corrected chi connectivity index (χ3v) is 5.07. The molecular formula is C23H30ClNO10. The summed E-state index contributed by atoms with van der Waals surface area (Å²) in [6.07, 6.45) is -4.55. The van der Waals surface area contributed by atoms with Crippen LogP contribution in [0, 0.1) is 6.92 Å². The van der Waals surface area contributed by atoms with E-state index in [0.29, 0.717) is 10.8 Å². The van der Waals surface area contributed by atoms with Gasteiger partial charge in [-0.3, -0.25) is 19.2 Å². The first-order valence-electron chi connectivity index (χ1n) is 10.9. The number of halogens is 1. The predicted octanol–water partition coefficient (Wildman–Crippen LogP) is 1.70. The fourth-order valence-corrected chi connectivity index (χ4v) is 3.75. The number of ether oxygens (including phenoxy) is 6. The molecule has 2 rings (SSSR count). The number of esters is 3. The van der Waals surface area contributed by atoms with Crippen LogP contribution in [-0.4, -0.2) is 74.3 Å². The predicted molar refractivity (Wildman–Crippen MR) is 122 cm³/mol. The van der Waals surface area contributed by atoms with Gasteiger partial charge < -0.3 is 33.7 Å². The second-order valence-corrected chi connectivity index (χ2v) is 8.29. The zero-order chi connectivity index (χ0) is 26.1. The van der Waals surface area contributed by atoms with Crippen molar-refractivity contribution >= 4 is 35.4 Å². The molecule has 12 heteroatoms. The first-order chi connectivity index (χ1) is 16.5. The summed E-state index contributed by atoms with van der Waals surface area (Å²) in [6.45, 7) is 6.49. The fraction of sp³-hybridized carbons (Fsp3) is 0.565. The Labute approximate surface area is 208 Å². The monoisotopic (exact) mass is 515 g/mol. The highest BCUT2D eigenvalue weighted by molar-refractivity contribution is 6.30. The molecule has 194 valence electrons. The van der Waals surface area contributed by atoms with Crippen LogP contribution in [0.5, 0.6) is 5.75 Å². The van der Waals surface area contributed by atoms with E-state index >= 15 is 0 Å². The minimum atomic E-state index is -1.18. The number of hydrogen-bond acceptors (Lipinski definition) is 10. The van der Waals surface area contributed by atoms with Gasteiger partial charge in [0.1, 0.15) is 31.1 Å². The standard InChI is InChI=1S/C23H30ClNO10/c1-12-10-17(24)6-7-18(12)30-8-9-31-23-20(25-13(2)26)22(34-16(5)29)21(33-15(4)28)19(35-23)11-32-14(3)27/h6-7,10,19-23H,8-9,11H2,1-5H3,(H,25,26). The summed E-state index contributed by atoms with van der Waals surface area (Å²) in [5.74, 6) is -1.81. The van der Waals surface area contributed by atoms with Crippen LogP contribution in [0.1, 0.15) is 33.3 Å². The third kappa shape index (κ3) is 9.00. The average Bonchev–Trinajstić information content (AvgIpc) is 2.73. The van der Waals surface area contributed by atoms with E-state index in [4.69, 9.17) is 40.0 Å². The zero-order valence-corrected chi connectivity index (χ0v) is 21.0.